The normalized spacial score (nSPS) is 14.3. The van der Waals surface area contributed by atoms with Crippen molar-refractivity contribution in [3.05, 3.63) is 29.8 Å². The molecule has 0 aliphatic heterocycles. The molecule has 0 aromatic heterocycles. The van der Waals surface area contributed by atoms with E-state index >= 15 is 0 Å². The molecule has 0 amide bonds. The molecule has 1 aromatic carbocycles. The average molecular weight is 269 g/mol. The zero-order valence-electron chi connectivity index (χ0n) is 11.1. The molecule has 1 rings (SSSR count). The molecule has 0 spiro atoms. The van der Waals surface area contributed by atoms with Gasteiger partial charge in [0.15, 0.2) is 15.6 Å². The Hall–Kier alpha value is -1.20. The Morgan fingerprint density at radius 2 is 1.61 bits per heavy atom. The van der Waals surface area contributed by atoms with Crippen LogP contribution in [0.1, 0.15) is 31.1 Å². The van der Waals surface area contributed by atoms with E-state index in [0.29, 0.717) is 5.56 Å². The molecule has 0 unspecified atom stereocenters. The van der Waals surface area contributed by atoms with Crippen LogP contribution in [0.5, 0.6) is 0 Å². The summed E-state index contributed by atoms with van der Waals surface area (Å²) in [5, 5.41) is 0. The maximum atomic E-state index is 12.1. The third-order valence-corrected chi connectivity index (χ3v) is 3.91. The highest BCUT2D eigenvalue weighted by molar-refractivity contribution is 7.90. The monoisotopic (exact) mass is 269 g/mol. The van der Waals surface area contributed by atoms with Crippen LogP contribution in [-0.2, 0) is 9.84 Å². The Bertz CT molecular complexity index is 539. The lowest BCUT2D eigenvalue weighted by Crippen LogP contribution is -2.42. The van der Waals surface area contributed by atoms with Crippen molar-refractivity contribution in [2.24, 2.45) is 11.1 Å². The van der Waals surface area contributed by atoms with Crippen molar-refractivity contribution < 1.29 is 13.2 Å². The molecule has 0 saturated carbocycles. The third-order valence-electron chi connectivity index (χ3n) is 2.78. The molecule has 18 heavy (non-hydrogen) atoms. The number of ketones is 1. The van der Waals surface area contributed by atoms with Crippen LogP contribution in [0.4, 0.5) is 0 Å². The first-order chi connectivity index (χ1) is 8.03. The van der Waals surface area contributed by atoms with Gasteiger partial charge in [-0.05, 0) is 17.5 Å². The second kappa shape index (κ2) is 4.82. The van der Waals surface area contributed by atoms with Crippen LogP contribution in [0.15, 0.2) is 29.2 Å². The summed E-state index contributed by atoms with van der Waals surface area (Å²) in [5.74, 6) is -0.178. The molecular formula is C13H19NO3S. The fourth-order valence-corrected chi connectivity index (χ4v) is 2.07. The molecule has 0 fully saturated rings. The maximum absolute atomic E-state index is 12.1. The van der Waals surface area contributed by atoms with Gasteiger partial charge in [-0.2, -0.15) is 0 Å². The minimum atomic E-state index is -3.24. The van der Waals surface area contributed by atoms with E-state index in [2.05, 4.69) is 0 Å². The van der Waals surface area contributed by atoms with Gasteiger partial charge in [0, 0.05) is 11.8 Å². The molecule has 1 atom stereocenters. The van der Waals surface area contributed by atoms with Gasteiger partial charge >= 0.3 is 0 Å². The molecule has 100 valence electrons. The van der Waals surface area contributed by atoms with Crippen LogP contribution in [0.25, 0.3) is 0 Å². The van der Waals surface area contributed by atoms with Crippen molar-refractivity contribution in [1.29, 1.82) is 0 Å². The minimum absolute atomic E-state index is 0.178. The Kier molecular flexibility index (Phi) is 3.98. The lowest BCUT2D eigenvalue weighted by molar-refractivity contribution is 0.0901. The molecule has 0 bridgehead atoms. The van der Waals surface area contributed by atoms with E-state index in [0.717, 1.165) is 6.26 Å². The molecule has 5 heteroatoms. The number of benzene rings is 1. The first-order valence-electron chi connectivity index (χ1n) is 5.63. The molecule has 4 nitrogen and oxygen atoms in total. The van der Waals surface area contributed by atoms with Gasteiger partial charge < -0.3 is 5.73 Å². The zero-order valence-corrected chi connectivity index (χ0v) is 11.9. The first-order valence-corrected chi connectivity index (χ1v) is 7.52. The Morgan fingerprint density at radius 3 is 1.94 bits per heavy atom. The predicted molar refractivity (Wildman–Crippen MR) is 71.3 cm³/mol. The van der Waals surface area contributed by atoms with Crippen LogP contribution in [0.2, 0.25) is 0 Å². The van der Waals surface area contributed by atoms with Crippen molar-refractivity contribution in [3.63, 3.8) is 0 Å². The summed E-state index contributed by atoms with van der Waals surface area (Å²) >= 11 is 0. The Balaban J connectivity index is 3.04. The fraction of sp³-hybridized carbons (Fsp3) is 0.462. The predicted octanol–water partition coefficient (Wildman–Crippen LogP) is 1.65. The largest absolute Gasteiger partial charge is 0.321 e. The van der Waals surface area contributed by atoms with Crippen molar-refractivity contribution in [1.82, 2.24) is 0 Å². The SMILES string of the molecule is CC(C)(C)[C@H](N)C(=O)c1ccc(S(C)(=O)=O)cc1. The highest BCUT2D eigenvalue weighted by Crippen LogP contribution is 2.21. The molecule has 0 saturated heterocycles. The van der Waals surface area contributed by atoms with Crippen LogP contribution in [0.3, 0.4) is 0 Å². The number of hydrogen-bond acceptors (Lipinski definition) is 4. The minimum Gasteiger partial charge on any atom is -0.321 e. The second-order valence-electron chi connectivity index (χ2n) is 5.50. The highest BCUT2D eigenvalue weighted by Gasteiger charge is 2.28. The van der Waals surface area contributed by atoms with E-state index in [1.807, 2.05) is 20.8 Å². The van der Waals surface area contributed by atoms with Crippen LogP contribution in [-0.4, -0.2) is 26.5 Å². The van der Waals surface area contributed by atoms with Gasteiger partial charge in [0.2, 0.25) is 0 Å². The Labute approximate surface area is 108 Å². The van der Waals surface area contributed by atoms with Gasteiger partial charge in [-0.1, -0.05) is 32.9 Å². The summed E-state index contributed by atoms with van der Waals surface area (Å²) in [6.07, 6.45) is 1.13. The summed E-state index contributed by atoms with van der Waals surface area (Å²) in [6.45, 7) is 5.67. The van der Waals surface area contributed by atoms with Crippen LogP contribution < -0.4 is 5.73 Å². The van der Waals surface area contributed by atoms with Gasteiger partial charge in [-0.3, -0.25) is 4.79 Å². The first kappa shape index (κ1) is 14.9. The summed E-state index contributed by atoms with van der Waals surface area (Å²) in [5.41, 5.74) is 5.99. The number of sulfone groups is 1. The molecule has 0 aliphatic rings. The number of rotatable bonds is 3. The van der Waals surface area contributed by atoms with Gasteiger partial charge in [-0.15, -0.1) is 0 Å². The van der Waals surface area contributed by atoms with E-state index in [1.165, 1.54) is 24.3 Å². The van der Waals surface area contributed by atoms with E-state index in [4.69, 9.17) is 5.73 Å². The second-order valence-corrected chi connectivity index (χ2v) is 7.52. The molecule has 0 aliphatic carbocycles. The number of carbonyl (C=O) groups excluding carboxylic acids is 1. The zero-order chi connectivity index (χ0) is 14.1. The summed E-state index contributed by atoms with van der Waals surface area (Å²) < 4.78 is 22.6. The number of carbonyl (C=O) groups is 1. The third kappa shape index (κ3) is 3.40. The lowest BCUT2D eigenvalue weighted by atomic mass is 9.83. The van der Waals surface area contributed by atoms with E-state index in [-0.39, 0.29) is 16.1 Å². The fourth-order valence-electron chi connectivity index (χ4n) is 1.44. The van der Waals surface area contributed by atoms with Gasteiger partial charge in [0.1, 0.15) is 0 Å². The molecular weight excluding hydrogens is 250 g/mol. The van der Waals surface area contributed by atoms with Crippen LogP contribution in [0, 0.1) is 5.41 Å². The van der Waals surface area contributed by atoms with E-state index < -0.39 is 15.9 Å². The van der Waals surface area contributed by atoms with Crippen molar-refractivity contribution in [2.75, 3.05) is 6.26 Å². The topological polar surface area (TPSA) is 77.2 Å². The maximum Gasteiger partial charge on any atom is 0.180 e. The molecule has 2 N–H and O–H groups in total. The standard InChI is InChI=1S/C13H19NO3S/c1-13(2,3)12(14)11(15)9-5-7-10(8-6-9)18(4,16)17/h5-8,12H,14H2,1-4H3/t12-/m1/s1. The number of hydrogen-bond donors (Lipinski definition) is 1. The quantitative estimate of drug-likeness (QED) is 0.846. The van der Waals surface area contributed by atoms with Crippen molar-refractivity contribution >= 4 is 15.6 Å². The number of Topliss-reactive ketones (excluding diaryl/α,β-unsaturated/α-hetero) is 1. The lowest BCUT2D eigenvalue weighted by Gasteiger charge is -2.25. The molecule has 1 aromatic rings. The number of nitrogens with two attached hydrogens (primary N) is 1. The van der Waals surface area contributed by atoms with E-state index in [1.54, 1.807) is 0 Å². The van der Waals surface area contributed by atoms with Crippen LogP contribution >= 0.6 is 0 Å². The highest BCUT2D eigenvalue weighted by atomic mass is 32.2. The summed E-state index contributed by atoms with van der Waals surface area (Å²) in [7, 11) is -3.24. The Morgan fingerprint density at radius 1 is 1.17 bits per heavy atom. The van der Waals surface area contributed by atoms with Gasteiger partial charge in [0.25, 0.3) is 0 Å². The molecule has 0 heterocycles. The summed E-state index contributed by atoms with van der Waals surface area (Å²) in [4.78, 5) is 12.3. The van der Waals surface area contributed by atoms with Gasteiger partial charge in [0.05, 0.1) is 10.9 Å². The van der Waals surface area contributed by atoms with E-state index in [9.17, 15) is 13.2 Å². The van der Waals surface area contributed by atoms with Crippen molar-refractivity contribution in [3.8, 4) is 0 Å². The smallest absolute Gasteiger partial charge is 0.180 e. The molecule has 0 radical (unpaired) electrons. The summed E-state index contributed by atoms with van der Waals surface area (Å²) in [6, 6.07) is 5.26. The average Bonchev–Trinajstić information content (AvgIpc) is 2.25. The van der Waals surface area contributed by atoms with Gasteiger partial charge in [-0.25, -0.2) is 8.42 Å². The van der Waals surface area contributed by atoms with Crippen molar-refractivity contribution in [2.45, 2.75) is 31.7 Å².